The van der Waals surface area contributed by atoms with Gasteiger partial charge in [0, 0.05) is 13.0 Å². The Balaban J connectivity index is 2.16. The van der Waals surface area contributed by atoms with Gasteiger partial charge in [0.1, 0.15) is 0 Å². The molecule has 7 nitrogen and oxygen atoms in total. The summed E-state index contributed by atoms with van der Waals surface area (Å²) < 4.78 is 24.0. The predicted octanol–water partition coefficient (Wildman–Crippen LogP) is 0.0188. The summed E-state index contributed by atoms with van der Waals surface area (Å²) in [7, 11) is 0.327. The van der Waals surface area contributed by atoms with Crippen LogP contribution >= 0.6 is 0 Å². The Bertz CT molecular complexity index is 676. The predicted molar refractivity (Wildman–Crippen MR) is 75.0 cm³/mol. The van der Waals surface area contributed by atoms with E-state index in [1.807, 2.05) is 20.3 Å². The lowest BCUT2D eigenvalue weighted by Crippen LogP contribution is -2.15. The Labute approximate surface area is 118 Å². The molecule has 0 atom stereocenters. The highest BCUT2D eigenvalue weighted by molar-refractivity contribution is 7.89. The Morgan fingerprint density at radius 3 is 2.45 bits per heavy atom. The van der Waals surface area contributed by atoms with Gasteiger partial charge in [-0.2, -0.15) is 0 Å². The standard InChI is InChI=1S/C12H17N5O2S/c1-16(2)8-7-10-9-17(15-14-10)11-3-5-12(6-4-11)20(13,18)19/h3-6,9H,7-8H2,1-2H3,(H2,13,18,19). The molecule has 0 radical (unpaired) electrons. The van der Waals surface area contributed by atoms with Crippen molar-refractivity contribution >= 4 is 10.0 Å². The van der Waals surface area contributed by atoms with Crippen LogP contribution in [0.5, 0.6) is 0 Å². The zero-order valence-electron chi connectivity index (χ0n) is 11.4. The third-order valence-corrected chi connectivity index (χ3v) is 3.72. The molecule has 0 saturated carbocycles. The average Bonchev–Trinajstić information content (AvgIpc) is 2.84. The van der Waals surface area contributed by atoms with Crippen LogP contribution in [0.25, 0.3) is 5.69 Å². The van der Waals surface area contributed by atoms with Crippen molar-refractivity contribution in [3.63, 3.8) is 0 Å². The molecule has 0 aliphatic rings. The normalized spacial score (nSPS) is 12.0. The molecule has 2 N–H and O–H groups in total. The van der Waals surface area contributed by atoms with Gasteiger partial charge >= 0.3 is 0 Å². The first kappa shape index (κ1) is 14.6. The molecule has 2 rings (SSSR count). The monoisotopic (exact) mass is 295 g/mol. The molecule has 0 fully saturated rings. The molecular weight excluding hydrogens is 278 g/mol. The molecule has 0 amide bonds. The van der Waals surface area contributed by atoms with Crippen molar-refractivity contribution < 1.29 is 8.42 Å². The van der Waals surface area contributed by atoms with Gasteiger partial charge in [0.05, 0.1) is 22.5 Å². The van der Waals surface area contributed by atoms with Gasteiger partial charge in [-0.1, -0.05) is 5.21 Å². The van der Waals surface area contributed by atoms with Crippen molar-refractivity contribution in [1.29, 1.82) is 0 Å². The fourth-order valence-corrected chi connectivity index (χ4v) is 2.18. The highest BCUT2D eigenvalue weighted by Gasteiger charge is 2.08. The second-order valence-electron chi connectivity index (χ2n) is 4.75. The summed E-state index contributed by atoms with van der Waals surface area (Å²) in [6.07, 6.45) is 2.64. The number of likely N-dealkylation sites (N-methyl/N-ethyl adjacent to an activating group) is 1. The Morgan fingerprint density at radius 2 is 1.90 bits per heavy atom. The van der Waals surface area contributed by atoms with E-state index in [1.54, 1.807) is 16.8 Å². The van der Waals surface area contributed by atoms with Crippen LogP contribution in [-0.4, -0.2) is 49.0 Å². The third kappa shape index (κ3) is 3.62. The quantitative estimate of drug-likeness (QED) is 0.839. The van der Waals surface area contributed by atoms with Gasteiger partial charge < -0.3 is 4.90 Å². The van der Waals surface area contributed by atoms with E-state index in [0.717, 1.165) is 24.3 Å². The van der Waals surface area contributed by atoms with Crippen LogP contribution in [0.2, 0.25) is 0 Å². The number of aromatic nitrogens is 3. The first-order valence-electron chi connectivity index (χ1n) is 6.05. The van der Waals surface area contributed by atoms with Crippen LogP contribution in [0, 0.1) is 0 Å². The number of hydrogen-bond acceptors (Lipinski definition) is 5. The number of benzene rings is 1. The SMILES string of the molecule is CN(C)CCc1cn(-c2ccc(S(N)(=O)=O)cc2)nn1. The minimum absolute atomic E-state index is 0.0780. The van der Waals surface area contributed by atoms with Crippen LogP contribution in [0.4, 0.5) is 0 Å². The molecular formula is C12H17N5O2S. The lowest BCUT2D eigenvalue weighted by atomic mass is 10.3. The van der Waals surface area contributed by atoms with E-state index in [-0.39, 0.29) is 4.90 Å². The maximum Gasteiger partial charge on any atom is 0.238 e. The van der Waals surface area contributed by atoms with Crippen LogP contribution in [0.1, 0.15) is 5.69 Å². The molecule has 20 heavy (non-hydrogen) atoms. The minimum Gasteiger partial charge on any atom is -0.309 e. The Kier molecular flexibility index (Phi) is 4.17. The summed E-state index contributed by atoms with van der Waals surface area (Å²) in [6.45, 7) is 0.892. The summed E-state index contributed by atoms with van der Waals surface area (Å²) in [6, 6.07) is 6.19. The molecule has 0 spiro atoms. The number of hydrogen-bond donors (Lipinski definition) is 1. The molecule has 1 heterocycles. The number of rotatable bonds is 5. The van der Waals surface area contributed by atoms with Crippen molar-refractivity contribution in [2.45, 2.75) is 11.3 Å². The summed E-state index contributed by atoms with van der Waals surface area (Å²) >= 11 is 0. The van der Waals surface area contributed by atoms with Crippen LogP contribution in [0.15, 0.2) is 35.4 Å². The molecule has 0 unspecified atom stereocenters. The zero-order valence-corrected chi connectivity index (χ0v) is 12.2. The first-order chi connectivity index (χ1) is 9.36. The van der Waals surface area contributed by atoms with E-state index in [9.17, 15) is 8.42 Å². The summed E-state index contributed by atoms with van der Waals surface area (Å²) in [5.41, 5.74) is 1.62. The van der Waals surface area contributed by atoms with E-state index < -0.39 is 10.0 Å². The van der Waals surface area contributed by atoms with E-state index in [1.165, 1.54) is 12.1 Å². The second-order valence-corrected chi connectivity index (χ2v) is 6.31. The van der Waals surface area contributed by atoms with E-state index in [4.69, 9.17) is 5.14 Å². The van der Waals surface area contributed by atoms with Crippen molar-refractivity contribution in [1.82, 2.24) is 19.9 Å². The van der Waals surface area contributed by atoms with E-state index in [2.05, 4.69) is 15.2 Å². The largest absolute Gasteiger partial charge is 0.309 e. The molecule has 8 heteroatoms. The molecule has 0 aliphatic heterocycles. The van der Waals surface area contributed by atoms with E-state index >= 15 is 0 Å². The lowest BCUT2D eigenvalue weighted by molar-refractivity contribution is 0.411. The zero-order chi connectivity index (χ0) is 14.8. The van der Waals surface area contributed by atoms with Crippen molar-refractivity contribution in [3.8, 4) is 5.69 Å². The lowest BCUT2D eigenvalue weighted by Gasteiger charge is -2.06. The molecule has 0 bridgehead atoms. The number of nitrogens with zero attached hydrogens (tertiary/aromatic N) is 4. The maximum atomic E-state index is 11.2. The van der Waals surface area contributed by atoms with Crippen LogP contribution in [0.3, 0.4) is 0 Å². The second kappa shape index (κ2) is 5.70. The fourth-order valence-electron chi connectivity index (χ4n) is 1.67. The molecule has 0 saturated heterocycles. The van der Waals surface area contributed by atoms with Gasteiger partial charge in [0.15, 0.2) is 0 Å². The van der Waals surface area contributed by atoms with Gasteiger partial charge in [-0.25, -0.2) is 18.2 Å². The molecule has 2 aromatic rings. The van der Waals surface area contributed by atoms with Crippen molar-refractivity contribution in [2.24, 2.45) is 5.14 Å². The first-order valence-corrected chi connectivity index (χ1v) is 7.60. The van der Waals surface area contributed by atoms with Crippen LogP contribution in [-0.2, 0) is 16.4 Å². The summed E-state index contributed by atoms with van der Waals surface area (Å²) in [4.78, 5) is 2.15. The van der Waals surface area contributed by atoms with Gasteiger partial charge in [-0.3, -0.25) is 0 Å². The molecule has 108 valence electrons. The van der Waals surface area contributed by atoms with Crippen LogP contribution < -0.4 is 5.14 Å². The Morgan fingerprint density at radius 1 is 1.25 bits per heavy atom. The van der Waals surface area contributed by atoms with Gasteiger partial charge in [-0.15, -0.1) is 5.10 Å². The smallest absolute Gasteiger partial charge is 0.238 e. The average molecular weight is 295 g/mol. The van der Waals surface area contributed by atoms with Gasteiger partial charge in [0.25, 0.3) is 0 Å². The summed E-state index contributed by atoms with van der Waals surface area (Å²) in [5.74, 6) is 0. The highest BCUT2D eigenvalue weighted by atomic mass is 32.2. The molecule has 0 aliphatic carbocycles. The molecule has 1 aromatic heterocycles. The molecule has 1 aromatic carbocycles. The Hall–Kier alpha value is -1.77. The summed E-state index contributed by atoms with van der Waals surface area (Å²) in [5, 5.41) is 13.2. The number of sulfonamides is 1. The topological polar surface area (TPSA) is 94.1 Å². The highest BCUT2D eigenvalue weighted by Crippen LogP contribution is 2.12. The van der Waals surface area contributed by atoms with Crippen molar-refractivity contribution in [3.05, 3.63) is 36.2 Å². The minimum atomic E-state index is -3.67. The van der Waals surface area contributed by atoms with E-state index in [0.29, 0.717) is 0 Å². The van der Waals surface area contributed by atoms with Crippen molar-refractivity contribution in [2.75, 3.05) is 20.6 Å². The van der Waals surface area contributed by atoms with Gasteiger partial charge in [-0.05, 0) is 38.4 Å². The number of primary sulfonamides is 1. The number of nitrogens with two attached hydrogens (primary N) is 1. The third-order valence-electron chi connectivity index (χ3n) is 2.79. The van der Waals surface area contributed by atoms with Gasteiger partial charge in [0.2, 0.25) is 10.0 Å². The maximum absolute atomic E-state index is 11.2. The fraction of sp³-hybridized carbons (Fsp3) is 0.333.